The molecule has 0 unspecified atom stereocenters. The molecule has 0 aliphatic rings. The zero-order valence-electron chi connectivity index (χ0n) is 15.0. The Hall–Kier alpha value is -4.00. The summed E-state index contributed by atoms with van der Waals surface area (Å²) in [6.07, 6.45) is 0. The molecule has 3 rings (SSSR count). The van der Waals surface area contributed by atoms with Crippen LogP contribution in [0.15, 0.2) is 72.8 Å². The highest BCUT2D eigenvalue weighted by atomic mass is 16.6. The first-order valence-electron chi connectivity index (χ1n) is 8.47. The molecule has 0 aliphatic carbocycles. The van der Waals surface area contributed by atoms with Crippen LogP contribution in [0.25, 0.3) is 0 Å². The van der Waals surface area contributed by atoms with E-state index in [9.17, 15) is 19.7 Å². The number of benzene rings is 3. The minimum absolute atomic E-state index is 0.0784. The van der Waals surface area contributed by atoms with E-state index in [0.717, 1.165) is 5.56 Å². The van der Waals surface area contributed by atoms with Crippen LogP contribution in [0.4, 0.5) is 17.1 Å². The highest BCUT2D eigenvalue weighted by molar-refractivity contribution is 6.06. The fourth-order valence-electron chi connectivity index (χ4n) is 2.60. The predicted octanol–water partition coefficient (Wildman–Crippen LogP) is 4.41. The van der Waals surface area contributed by atoms with E-state index in [4.69, 9.17) is 0 Å². The van der Waals surface area contributed by atoms with Gasteiger partial charge in [-0.2, -0.15) is 0 Å². The average Bonchev–Trinajstić information content (AvgIpc) is 2.69. The van der Waals surface area contributed by atoms with E-state index >= 15 is 0 Å². The lowest BCUT2D eigenvalue weighted by Gasteiger charge is -2.09. The molecule has 0 heterocycles. The largest absolute Gasteiger partial charge is 0.322 e. The monoisotopic (exact) mass is 375 g/mol. The van der Waals surface area contributed by atoms with Crippen molar-refractivity contribution in [2.75, 3.05) is 10.6 Å². The fraction of sp³-hybridized carbons (Fsp3) is 0.0476. The number of nitrogens with zero attached hydrogens (tertiary/aromatic N) is 1. The Morgan fingerprint density at radius 2 is 1.32 bits per heavy atom. The second-order valence-corrected chi connectivity index (χ2v) is 6.10. The summed E-state index contributed by atoms with van der Waals surface area (Å²) in [7, 11) is 0. The second-order valence-electron chi connectivity index (χ2n) is 6.10. The van der Waals surface area contributed by atoms with E-state index in [-0.39, 0.29) is 17.5 Å². The SMILES string of the molecule is Cc1ccccc1C(=O)Nc1ccc(NC(=O)c2ccc([N+](=O)[O-])cc2)cc1. The number of amides is 2. The molecule has 0 saturated carbocycles. The maximum atomic E-state index is 12.3. The lowest BCUT2D eigenvalue weighted by Crippen LogP contribution is -2.14. The summed E-state index contributed by atoms with van der Waals surface area (Å²) in [5, 5.41) is 16.2. The maximum Gasteiger partial charge on any atom is 0.269 e. The summed E-state index contributed by atoms with van der Waals surface area (Å²) in [5.41, 5.74) is 2.84. The van der Waals surface area contributed by atoms with E-state index in [1.807, 2.05) is 19.1 Å². The van der Waals surface area contributed by atoms with E-state index in [2.05, 4.69) is 10.6 Å². The Bertz CT molecular complexity index is 1030. The van der Waals surface area contributed by atoms with Gasteiger partial charge < -0.3 is 10.6 Å². The summed E-state index contributed by atoms with van der Waals surface area (Å²) in [4.78, 5) is 34.7. The molecule has 3 aromatic carbocycles. The number of carbonyl (C=O) groups is 2. The lowest BCUT2D eigenvalue weighted by atomic mass is 10.1. The molecule has 0 aromatic heterocycles. The Labute approximate surface area is 161 Å². The van der Waals surface area contributed by atoms with Gasteiger partial charge in [-0.05, 0) is 55.0 Å². The number of nitro benzene ring substituents is 1. The fourth-order valence-corrected chi connectivity index (χ4v) is 2.60. The number of anilines is 2. The topological polar surface area (TPSA) is 101 Å². The van der Waals surface area contributed by atoms with Gasteiger partial charge in [0, 0.05) is 34.6 Å². The number of non-ortho nitro benzene ring substituents is 1. The average molecular weight is 375 g/mol. The number of nitro groups is 1. The van der Waals surface area contributed by atoms with Crippen molar-refractivity contribution < 1.29 is 14.5 Å². The molecule has 2 N–H and O–H groups in total. The molecule has 3 aromatic rings. The smallest absolute Gasteiger partial charge is 0.269 e. The van der Waals surface area contributed by atoms with Gasteiger partial charge in [0.1, 0.15) is 0 Å². The molecule has 0 saturated heterocycles. The van der Waals surface area contributed by atoms with Crippen molar-refractivity contribution in [3.05, 3.63) is 99.6 Å². The van der Waals surface area contributed by atoms with Gasteiger partial charge in [0.2, 0.25) is 0 Å². The van der Waals surface area contributed by atoms with Crippen LogP contribution in [0.3, 0.4) is 0 Å². The van der Waals surface area contributed by atoms with Crippen LogP contribution < -0.4 is 10.6 Å². The third kappa shape index (κ3) is 4.39. The standard InChI is InChI=1S/C21H17N3O4/c1-14-4-2-3-5-19(14)21(26)23-17-10-8-16(9-11-17)22-20(25)15-6-12-18(13-7-15)24(27)28/h2-13H,1H3,(H,22,25)(H,23,26). The third-order valence-electron chi connectivity index (χ3n) is 4.13. The summed E-state index contributed by atoms with van der Waals surface area (Å²) < 4.78 is 0. The van der Waals surface area contributed by atoms with Crippen LogP contribution in [0.1, 0.15) is 26.3 Å². The molecular weight excluding hydrogens is 358 g/mol. The van der Waals surface area contributed by atoms with Gasteiger partial charge in [-0.25, -0.2) is 0 Å². The highest BCUT2D eigenvalue weighted by Crippen LogP contribution is 2.18. The zero-order valence-corrected chi connectivity index (χ0v) is 15.0. The number of nitrogens with one attached hydrogen (secondary N) is 2. The summed E-state index contributed by atoms with van der Waals surface area (Å²) in [6.45, 7) is 1.87. The van der Waals surface area contributed by atoms with Gasteiger partial charge in [0.05, 0.1) is 4.92 Å². The van der Waals surface area contributed by atoms with Gasteiger partial charge in [0.25, 0.3) is 17.5 Å². The van der Waals surface area contributed by atoms with E-state index in [0.29, 0.717) is 22.5 Å². The normalized spacial score (nSPS) is 10.2. The molecule has 28 heavy (non-hydrogen) atoms. The van der Waals surface area contributed by atoms with Gasteiger partial charge >= 0.3 is 0 Å². The lowest BCUT2D eigenvalue weighted by molar-refractivity contribution is -0.384. The molecular formula is C21H17N3O4. The Morgan fingerprint density at radius 3 is 1.86 bits per heavy atom. The van der Waals surface area contributed by atoms with Crippen molar-refractivity contribution in [2.45, 2.75) is 6.92 Å². The van der Waals surface area contributed by atoms with Crippen LogP contribution >= 0.6 is 0 Å². The molecule has 0 aliphatic heterocycles. The predicted molar refractivity (Wildman–Crippen MR) is 107 cm³/mol. The summed E-state index contributed by atoms with van der Waals surface area (Å²) in [5.74, 6) is -0.590. The van der Waals surface area contributed by atoms with Crippen LogP contribution in [-0.2, 0) is 0 Å². The van der Waals surface area contributed by atoms with Crippen LogP contribution in [0, 0.1) is 17.0 Å². The van der Waals surface area contributed by atoms with Crippen molar-refractivity contribution in [3.63, 3.8) is 0 Å². The molecule has 0 atom stereocenters. The molecule has 0 fully saturated rings. The van der Waals surface area contributed by atoms with Crippen molar-refractivity contribution in [1.82, 2.24) is 0 Å². The minimum Gasteiger partial charge on any atom is -0.322 e. The first-order valence-corrected chi connectivity index (χ1v) is 8.47. The Kier molecular flexibility index (Phi) is 5.45. The van der Waals surface area contributed by atoms with Crippen molar-refractivity contribution in [1.29, 1.82) is 0 Å². The molecule has 0 radical (unpaired) electrons. The number of hydrogen-bond donors (Lipinski definition) is 2. The summed E-state index contributed by atoms with van der Waals surface area (Å²) in [6, 6.07) is 19.3. The van der Waals surface area contributed by atoms with Crippen molar-refractivity contribution in [3.8, 4) is 0 Å². The summed E-state index contributed by atoms with van der Waals surface area (Å²) >= 11 is 0. The Morgan fingerprint density at radius 1 is 0.786 bits per heavy atom. The molecule has 0 spiro atoms. The Balaban J connectivity index is 1.64. The second kappa shape index (κ2) is 8.13. The molecule has 0 bridgehead atoms. The highest BCUT2D eigenvalue weighted by Gasteiger charge is 2.11. The van der Waals surface area contributed by atoms with E-state index in [1.165, 1.54) is 24.3 Å². The zero-order chi connectivity index (χ0) is 20.1. The number of aryl methyl sites for hydroxylation is 1. The first-order chi connectivity index (χ1) is 13.4. The maximum absolute atomic E-state index is 12.3. The third-order valence-corrected chi connectivity index (χ3v) is 4.13. The van der Waals surface area contributed by atoms with Gasteiger partial charge in [0.15, 0.2) is 0 Å². The van der Waals surface area contributed by atoms with Crippen LogP contribution in [0.5, 0.6) is 0 Å². The first kappa shape index (κ1) is 18.8. The molecule has 7 nitrogen and oxygen atoms in total. The minimum atomic E-state index is -0.522. The quantitative estimate of drug-likeness (QED) is 0.509. The van der Waals surface area contributed by atoms with E-state index in [1.54, 1.807) is 36.4 Å². The van der Waals surface area contributed by atoms with Crippen molar-refractivity contribution in [2.24, 2.45) is 0 Å². The van der Waals surface area contributed by atoms with Gasteiger partial charge in [-0.3, -0.25) is 19.7 Å². The van der Waals surface area contributed by atoms with E-state index < -0.39 is 4.92 Å². The van der Waals surface area contributed by atoms with Crippen LogP contribution in [0.2, 0.25) is 0 Å². The van der Waals surface area contributed by atoms with Gasteiger partial charge in [-0.15, -0.1) is 0 Å². The number of carbonyl (C=O) groups excluding carboxylic acids is 2. The van der Waals surface area contributed by atoms with Gasteiger partial charge in [-0.1, -0.05) is 18.2 Å². The van der Waals surface area contributed by atoms with Crippen molar-refractivity contribution >= 4 is 28.9 Å². The molecule has 2 amide bonds. The number of rotatable bonds is 5. The number of hydrogen-bond acceptors (Lipinski definition) is 4. The van der Waals surface area contributed by atoms with Crippen LogP contribution in [-0.4, -0.2) is 16.7 Å². The molecule has 7 heteroatoms. The molecule has 140 valence electrons.